The van der Waals surface area contributed by atoms with E-state index in [2.05, 4.69) is 4.99 Å². The quantitative estimate of drug-likeness (QED) is 0.334. The second kappa shape index (κ2) is 10.2. The molecule has 0 bridgehead atoms. The van der Waals surface area contributed by atoms with Crippen LogP contribution in [0.15, 0.2) is 86.1 Å². The third-order valence-electron chi connectivity index (χ3n) is 5.94. The summed E-state index contributed by atoms with van der Waals surface area (Å²) in [6, 6.07) is 17.6. The van der Waals surface area contributed by atoms with Crippen LogP contribution in [0.4, 0.5) is 0 Å². The number of thiazole rings is 1. The Hall–Kier alpha value is -3.88. The fourth-order valence-electron chi connectivity index (χ4n) is 4.28. The van der Waals surface area contributed by atoms with E-state index in [0.29, 0.717) is 48.5 Å². The molecular formula is C28H23ClN2O5S. The van der Waals surface area contributed by atoms with Crippen LogP contribution in [0.1, 0.15) is 31.2 Å². The zero-order valence-corrected chi connectivity index (χ0v) is 21.9. The number of halogens is 1. The first-order chi connectivity index (χ1) is 17.9. The van der Waals surface area contributed by atoms with Crippen molar-refractivity contribution in [2.75, 3.05) is 13.7 Å². The van der Waals surface area contributed by atoms with E-state index in [-0.39, 0.29) is 12.2 Å². The minimum absolute atomic E-state index is 0.207. The molecule has 0 spiro atoms. The molecule has 9 heteroatoms. The van der Waals surface area contributed by atoms with Crippen LogP contribution in [0.2, 0.25) is 5.02 Å². The van der Waals surface area contributed by atoms with Crippen molar-refractivity contribution >= 4 is 35.0 Å². The molecule has 1 unspecified atom stereocenters. The molecule has 5 rings (SSSR count). The van der Waals surface area contributed by atoms with Gasteiger partial charge in [-0.1, -0.05) is 47.2 Å². The third-order valence-corrected chi connectivity index (χ3v) is 7.15. The summed E-state index contributed by atoms with van der Waals surface area (Å²) < 4.78 is 18.7. The molecule has 0 fully saturated rings. The van der Waals surface area contributed by atoms with Crippen LogP contribution in [0.5, 0.6) is 5.75 Å². The van der Waals surface area contributed by atoms with Crippen LogP contribution < -0.4 is 19.6 Å². The number of furan rings is 1. The Kier molecular flexibility index (Phi) is 6.86. The molecule has 0 aliphatic carbocycles. The van der Waals surface area contributed by atoms with E-state index in [1.54, 1.807) is 39.2 Å². The lowest BCUT2D eigenvalue weighted by Crippen LogP contribution is -2.39. The number of benzene rings is 2. The summed E-state index contributed by atoms with van der Waals surface area (Å²) in [7, 11) is 1.57. The minimum Gasteiger partial charge on any atom is -0.497 e. The Morgan fingerprint density at radius 3 is 2.76 bits per heavy atom. The van der Waals surface area contributed by atoms with Crippen molar-refractivity contribution in [1.82, 2.24) is 4.57 Å². The lowest BCUT2D eigenvalue weighted by Gasteiger charge is -2.24. The zero-order valence-electron chi connectivity index (χ0n) is 20.4. The van der Waals surface area contributed by atoms with Crippen LogP contribution in [0, 0.1) is 0 Å². The van der Waals surface area contributed by atoms with Crippen LogP contribution >= 0.6 is 22.9 Å². The highest BCUT2D eigenvalue weighted by Crippen LogP contribution is 2.32. The van der Waals surface area contributed by atoms with Crippen molar-refractivity contribution in [3.05, 3.63) is 108 Å². The van der Waals surface area contributed by atoms with Gasteiger partial charge in [-0.05, 0) is 55.8 Å². The van der Waals surface area contributed by atoms with E-state index < -0.39 is 12.0 Å². The summed E-state index contributed by atoms with van der Waals surface area (Å²) >= 11 is 7.34. The van der Waals surface area contributed by atoms with Crippen LogP contribution in [-0.2, 0) is 9.53 Å². The van der Waals surface area contributed by atoms with E-state index in [9.17, 15) is 9.59 Å². The van der Waals surface area contributed by atoms with Crippen molar-refractivity contribution in [3.63, 3.8) is 0 Å². The Bertz CT molecular complexity index is 1710. The predicted octanol–water partition coefficient (Wildman–Crippen LogP) is 4.72. The van der Waals surface area contributed by atoms with Gasteiger partial charge < -0.3 is 13.9 Å². The summed E-state index contributed by atoms with van der Waals surface area (Å²) in [5.74, 6) is 1.25. The largest absolute Gasteiger partial charge is 0.497 e. The van der Waals surface area contributed by atoms with Gasteiger partial charge in [-0.3, -0.25) is 9.36 Å². The van der Waals surface area contributed by atoms with E-state index in [4.69, 9.17) is 25.5 Å². The molecule has 0 amide bonds. The highest BCUT2D eigenvalue weighted by Gasteiger charge is 2.33. The number of nitrogens with zero attached hydrogens (tertiary/aromatic N) is 2. The monoisotopic (exact) mass is 534 g/mol. The fourth-order valence-corrected chi connectivity index (χ4v) is 5.49. The summed E-state index contributed by atoms with van der Waals surface area (Å²) in [5, 5.41) is 0.606. The van der Waals surface area contributed by atoms with E-state index in [1.807, 2.05) is 48.5 Å². The van der Waals surface area contributed by atoms with Gasteiger partial charge in [-0.25, -0.2) is 9.79 Å². The molecule has 1 aliphatic heterocycles. The highest BCUT2D eigenvalue weighted by molar-refractivity contribution is 7.07. The predicted molar refractivity (Wildman–Crippen MR) is 143 cm³/mol. The van der Waals surface area contributed by atoms with Gasteiger partial charge >= 0.3 is 5.97 Å². The number of carbonyl (C=O) groups is 1. The van der Waals surface area contributed by atoms with E-state index in [1.165, 1.54) is 15.9 Å². The number of esters is 1. The molecule has 37 heavy (non-hydrogen) atoms. The zero-order chi connectivity index (χ0) is 26.1. The summed E-state index contributed by atoms with van der Waals surface area (Å²) in [6.45, 7) is 3.70. The smallest absolute Gasteiger partial charge is 0.338 e. The molecule has 0 radical (unpaired) electrons. The molecule has 1 aliphatic rings. The third kappa shape index (κ3) is 4.77. The van der Waals surface area contributed by atoms with Gasteiger partial charge in [-0.15, -0.1) is 0 Å². The lowest BCUT2D eigenvalue weighted by atomic mass is 9.95. The maximum absolute atomic E-state index is 13.7. The molecule has 0 N–H and O–H groups in total. The first kappa shape index (κ1) is 24.8. The standard InChI is InChI=1S/C28H23ClN2O5S/c1-4-35-27(33)24-16(2)30-28-31(25(24)18-8-6-10-20(14-18)34-3)26(32)23(37-28)15-21-11-12-22(36-21)17-7-5-9-19(29)13-17/h5-15,25H,4H2,1-3H3. The van der Waals surface area contributed by atoms with Crippen LogP contribution in [0.25, 0.3) is 17.4 Å². The normalized spacial score (nSPS) is 15.4. The first-order valence-corrected chi connectivity index (χ1v) is 12.8. The fraction of sp³-hybridized carbons (Fsp3) is 0.179. The molecule has 2 aromatic heterocycles. The highest BCUT2D eigenvalue weighted by atomic mass is 35.5. The maximum atomic E-state index is 13.7. The number of aromatic nitrogens is 1. The number of allylic oxidation sites excluding steroid dienone is 1. The molecule has 3 heterocycles. The summed E-state index contributed by atoms with van der Waals surface area (Å²) in [6.07, 6.45) is 1.68. The lowest BCUT2D eigenvalue weighted by molar-refractivity contribution is -0.139. The van der Waals surface area contributed by atoms with Gasteiger partial charge in [0.2, 0.25) is 0 Å². The van der Waals surface area contributed by atoms with Gasteiger partial charge in [0.15, 0.2) is 4.80 Å². The average Bonchev–Trinajstić information content (AvgIpc) is 3.48. The molecular weight excluding hydrogens is 512 g/mol. The van der Waals surface area contributed by atoms with Crippen LogP contribution in [-0.4, -0.2) is 24.3 Å². The van der Waals surface area contributed by atoms with Gasteiger partial charge in [0.1, 0.15) is 17.3 Å². The number of methoxy groups -OCH3 is 1. The van der Waals surface area contributed by atoms with Crippen molar-refractivity contribution in [1.29, 1.82) is 0 Å². The Morgan fingerprint density at radius 2 is 2.00 bits per heavy atom. The maximum Gasteiger partial charge on any atom is 0.338 e. The Balaban J connectivity index is 1.65. The molecule has 0 saturated heterocycles. The number of ether oxygens (including phenoxy) is 2. The topological polar surface area (TPSA) is 83.0 Å². The van der Waals surface area contributed by atoms with Crippen molar-refractivity contribution in [2.24, 2.45) is 4.99 Å². The van der Waals surface area contributed by atoms with Gasteiger partial charge in [0.25, 0.3) is 5.56 Å². The Morgan fingerprint density at radius 1 is 1.19 bits per heavy atom. The molecule has 4 aromatic rings. The van der Waals surface area contributed by atoms with E-state index >= 15 is 0 Å². The molecule has 7 nitrogen and oxygen atoms in total. The summed E-state index contributed by atoms with van der Waals surface area (Å²) in [4.78, 5) is 31.8. The number of carbonyl (C=O) groups excluding carboxylic acids is 1. The second-order valence-electron chi connectivity index (χ2n) is 8.29. The molecule has 0 saturated carbocycles. The average molecular weight is 535 g/mol. The van der Waals surface area contributed by atoms with E-state index in [0.717, 1.165) is 5.56 Å². The van der Waals surface area contributed by atoms with Crippen molar-refractivity contribution < 1.29 is 18.7 Å². The summed E-state index contributed by atoms with van der Waals surface area (Å²) in [5.41, 5.74) is 2.08. The van der Waals surface area contributed by atoms with Crippen molar-refractivity contribution in [2.45, 2.75) is 19.9 Å². The number of rotatable bonds is 6. The first-order valence-electron chi connectivity index (χ1n) is 11.6. The van der Waals surface area contributed by atoms with Gasteiger partial charge in [0, 0.05) is 16.7 Å². The second-order valence-corrected chi connectivity index (χ2v) is 9.74. The van der Waals surface area contributed by atoms with Crippen molar-refractivity contribution in [3.8, 4) is 17.1 Å². The molecule has 2 aromatic carbocycles. The van der Waals surface area contributed by atoms with Gasteiger partial charge in [-0.2, -0.15) is 0 Å². The Labute approximate surface area is 221 Å². The number of hydrogen-bond donors (Lipinski definition) is 0. The van der Waals surface area contributed by atoms with Crippen LogP contribution in [0.3, 0.4) is 0 Å². The number of hydrogen-bond acceptors (Lipinski definition) is 7. The number of fused-ring (bicyclic) bond motifs is 1. The minimum atomic E-state index is -0.717. The molecule has 188 valence electrons. The SMILES string of the molecule is CCOC(=O)C1=C(C)N=c2sc(=Cc3ccc(-c4cccc(Cl)c4)o3)c(=O)n2C1c1cccc(OC)c1. The molecule has 1 atom stereocenters. The van der Waals surface area contributed by atoms with Gasteiger partial charge in [0.05, 0.1) is 35.6 Å².